The predicted octanol–water partition coefficient (Wildman–Crippen LogP) is 8.56. The Morgan fingerprint density at radius 3 is 1.35 bits per heavy atom. The molecule has 0 aliphatic heterocycles. The van der Waals surface area contributed by atoms with Crippen molar-refractivity contribution in [2.75, 3.05) is 14.2 Å². The molecule has 8 nitrogen and oxygen atoms in total. The lowest BCUT2D eigenvalue weighted by atomic mass is 9.56. The van der Waals surface area contributed by atoms with Crippen molar-refractivity contribution in [2.45, 2.75) is 165 Å². The Labute approximate surface area is 311 Å². The van der Waals surface area contributed by atoms with Gasteiger partial charge in [0.15, 0.2) is 0 Å². The standard InChI is InChI=1S/2C22H32O4/c2*1-4-10-21(25)11-12-22(5-2)16(14-21)7-9-19(23)17-13-15(20(24)26-3)6-8-18(17)22/h2*6,8,13,16,19,23,25H,4-5,7,9-12,14H2,1-3H3/t2*16-,19?,21+,22+/m10/s1. The largest absolute Gasteiger partial charge is 0.465 e. The number of methoxy groups -OCH3 is 2. The van der Waals surface area contributed by atoms with Crippen LogP contribution in [0.15, 0.2) is 36.4 Å². The summed E-state index contributed by atoms with van der Waals surface area (Å²) in [5.74, 6) is -0.0185. The van der Waals surface area contributed by atoms with Crippen molar-refractivity contribution < 1.29 is 39.5 Å². The Morgan fingerprint density at radius 2 is 1.02 bits per heavy atom. The third-order valence-corrected chi connectivity index (χ3v) is 13.9. The molecular weight excluding hydrogens is 656 g/mol. The summed E-state index contributed by atoms with van der Waals surface area (Å²) in [6.07, 6.45) is 12.8. The highest BCUT2D eigenvalue weighted by Gasteiger charge is 2.52. The molecule has 2 saturated carbocycles. The second-order valence-electron chi connectivity index (χ2n) is 16.5. The molecule has 0 saturated heterocycles. The second kappa shape index (κ2) is 16.3. The predicted molar refractivity (Wildman–Crippen MR) is 202 cm³/mol. The molecule has 2 unspecified atom stereocenters. The number of fused-ring (bicyclic) bond motifs is 6. The molecule has 2 aromatic rings. The van der Waals surface area contributed by atoms with Crippen LogP contribution in [0.2, 0.25) is 0 Å². The molecule has 0 heterocycles. The first-order chi connectivity index (χ1) is 24.8. The van der Waals surface area contributed by atoms with Gasteiger partial charge in [-0.05, 0) is 159 Å². The van der Waals surface area contributed by atoms with Crippen molar-refractivity contribution >= 4 is 11.9 Å². The van der Waals surface area contributed by atoms with Crippen molar-refractivity contribution in [3.8, 4) is 0 Å². The minimum absolute atomic E-state index is 0.0264. The molecule has 4 aliphatic carbocycles. The van der Waals surface area contributed by atoms with Gasteiger partial charge in [-0.3, -0.25) is 0 Å². The van der Waals surface area contributed by atoms with Gasteiger partial charge in [-0.2, -0.15) is 0 Å². The highest BCUT2D eigenvalue weighted by molar-refractivity contribution is 5.90. The number of benzene rings is 2. The normalized spacial score (nSPS) is 33.7. The van der Waals surface area contributed by atoms with E-state index in [1.54, 1.807) is 0 Å². The van der Waals surface area contributed by atoms with Crippen LogP contribution < -0.4 is 0 Å². The first-order valence-electron chi connectivity index (χ1n) is 20.0. The Hall–Kier alpha value is -2.78. The first-order valence-corrected chi connectivity index (χ1v) is 20.0. The highest BCUT2D eigenvalue weighted by atomic mass is 16.5. The molecule has 4 N–H and O–H groups in total. The Kier molecular flexibility index (Phi) is 12.7. The molecule has 6 rings (SSSR count). The van der Waals surface area contributed by atoms with Crippen LogP contribution in [0.25, 0.3) is 0 Å². The minimum Gasteiger partial charge on any atom is -0.465 e. The number of esters is 2. The monoisotopic (exact) mass is 720 g/mol. The molecule has 0 spiro atoms. The summed E-state index contributed by atoms with van der Waals surface area (Å²) in [6.45, 7) is 8.68. The van der Waals surface area contributed by atoms with Crippen LogP contribution >= 0.6 is 0 Å². The number of ether oxygens (including phenoxy) is 2. The van der Waals surface area contributed by atoms with Crippen LogP contribution in [0.1, 0.15) is 186 Å². The van der Waals surface area contributed by atoms with E-state index < -0.39 is 23.4 Å². The molecule has 0 radical (unpaired) electrons. The van der Waals surface area contributed by atoms with E-state index in [1.165, 1.54) is 25.3 Å². The van der Waals surface area contributed by atoms with E-state index >= 15 is 0 Å². The van der Waals surface area contributed by atoms with Crippen molar-refractivity contribution in [2.24, 2.45) is 11.8 Å². The third-order valence-electron chi connectivity index (χ3n) is 13.9. The zero-order valence-corrected chi connectivity index (χ0v) is 32.5. The zero-order chi connectivity index (χ0) is 37.9. The van der Waals surface area contributed by atoms with Crippen LogP contribution in [0.4, 0.5) is 0 Å². The SMILES string of the molecule is CCC[C@@]1(O)CC[C@@]2(CC)c3ccc(C(=O)OC)cc3C(O)CC[C@H]2C1.CCC[C@]1(O)CC[C@]2(CC)c3ccc(C(=O)OC)cc3C(O)CC[C@@H]2C1. The fraction of sp³-hybridized carbons (Fsp3) is 0.682. The van der Waals surface area contributed by atoms with Gasteiger partial charge in [0, 0.05) is 0 Å². The highest BCUT2D eigenvalue weighted by Crippen LogP contribution is 2.57. The minimum atomic E-state index is -0.570. The van der Waals surface area contributed by atoms with Crippen LogP contribution in [-0.2, 0) is 20.3 Å². The van der Waals surface area contributed by atoms with Gasteiger partial charge in [0.05, 0.1) is 48.8 Å². The number of carbonyl (C=O) groups excluding carboxylic acids is 2. The summed E-state index contributed by atoms with van der Waals surface area (Å²) >= 11 is 0. The van der Waals surface area contributed by atoms with E-state index in [0.29, 0.717) is 35.8 Å². The molecular formula is C44H64O8. The molecule has 0 bridgehead atoms. The molecule has 4 aliphatic rings. The molecule has 52 heavy (non-hydrogen) atoms. The average Bonchev–Trinajstić information content (AvgIpc) is 3.34. The maximum Gasteiger partial charge on any atom is 0.337 e. The topological polar surface area (TPSA) is 134 Å². The van der Waals surface area contributed by atoms with Crippen LogP contribution in [0, 0.1) is 11.8 Å². The Balaban J connectivity index is 0.000000201. The molecule has 8 atom stereocenters. The lowest BCUT2D eigenvalue weighted by Crippen LogP contribution is -2.47. The van der Waals surface area contributed by atoms with Crippen LogP contribution in [-0.4, -0.2) is 57.8 Å². The molecule has 2 fully saturated rings. The van der Waals surface area contributed by atoms with Gasteiger partial charge in [-0.1, -0.05) is 52.7 Å². The Morgan fingerprint density at radius 1 is 0.635 bits per heavy atom. The first kappa shape index (κ1) is 40.4. The van der Waals surface area contributed by atoms with Crippen LogP contribution in [0.5, 0.6) is 0 Å². The van der Waals surface area contributed by atoms with Gasteiger partial charge in [-0.15, -0.1) is 0 Å². The number of aliphatic hydroxyl groups excluding tert-OH is 2. The number of rotatable bonds is 8. The van der Waals surface area contributed by atoms with Gasteiger partial charge < -0.3 is 29.9 Å². The lowest BCUT2D eigenvalue weighted by Gasteiger charge is -2.50. The molecule has 8 heteroatoms. The van der Waals surface area contributed by atoms with Crippen molar-refractivity contribution in [3.05, 3.63) is 69.8 Å². The summed E-state index contributed by atoms with van der Waals surface area (Å²) in [5.41, 5.74) is 3.88. The van der Waals surface area contributed by atoms with E-state index in [0.717, 1.165) is 101 Å². The fourth-order valence-corrected chi connectivity index (χ4v) is 11.1. The summed E-state index contributed by atoms with van der Waals surface area (Å²) in [5, 5.41) is 43.7. The van der Waals surface area contributed by atoms with Crippen LogP contribution in [0.3, 0.4) is 0 Å². The maximum atomic E-state index is 11.9. The number of aliphatic hydroxyl groups is 4. The maximum absolute atomic E-state index is 11.9. The molecule has 2 aromatic carbocycles. The number of hydrogen-bond donors (Lipinski definition) is 4. The molecule has 288 valence electrons. The summed E-state index contributed by atoms with van der Waals surface area (Å²) in [6, 6.07) is 11.3. The van der Waals surface area contributed by atoms with Crippen molar-refractivity contribution in [1.82, 2.24) is 0 Å². The van der Waals surface area contributed by atoms with Gasteiger partial charge in [0.1, 0.15) is 0 Å². The summed E-state index contributed by atoms with van der Waals surface area (Å²) < 4.78 is 9.70. The van der Waals surface area contributed by atoms with Crippen molar-refractivity contribution in [3.63, 3.8) is 0 Å². The van der Waals surface area contributed by atoms with Gasteiger partial charge in [-0.25, -0.2) is 9.59 Å². The van der Waals surface area contributed by atoms with E-state index in [1.807, 2.05) is 36.4 Å². The van der Waals surface area contributed by atoms with Gasteiger partial charge in [0.2, 0.25) is 0 Å². The molecule has 0 aromatic heterocycles. The fourth-order valence-electron chi connectivity index (χ4n) is 11.1. The van der Waals surface area contributed by atoms with E-state index in [2.05, 4.69) is 27.7 Å². The lowest BCUT2D eigenvalue weighted by molar-refractivity contribution is -0.0552. The van der Waals surface area contributed by atoms with Gasteiger partial charge in [0.25, 0.3) is 0 Å². The smallest absolute Gasteiger partial charge is 0.337 e. The van der Waals surface area contributed by atoms with E-state index in [4.69, 9.17) is 9.47 Å². The molecule has 0 amide bonds. The zero-order valence-electron chi connectivity index (χ0n) is 32.5. The number of carbonyl (C=O) groups is 2. The van der Waals surface area contributed by atoms with E-state index in [9.17, 15) is 30.0 Å². The quantitative estimate of drug-likeness (QED) is 0.200. The average molecular weight is 721 g/mol. The summed E-state index contributed by atoms with van der Waals surface area (Å²) in [7, 11) is 2.76. The Bertz CT molecular complexity index is 1460. The third kappa shape index (κ3) is 7.60. The van der Waals surface area contributed by atoms with E-state index in [-0.39, 0.29) is 22.8 Å². The second-order valence-corrected chi connectivity index (χ2v) is 16.5. The number of hydrogen-bond acceptors (Lipinski definition) is 8. The van der Waals surface area contributed by atoms with Gasteiger partial charge >= 0.3 is 11.9 Å². The van der Waals surface area contributed by atoms with Crippen molar-refractivity contribution in [1.29, 1.82) is 0 Å². The summed E-state index contributed by atoms with van der Waals surface area (Å²) in [4.78, 5) is 23.9.